The predicted molar refractivity (Wildman–Crippen MR) is 106 cm³/mol. The quantitative estimate of drug-likeness (QED) is 0.666. The van der Waals surface area contributed by atoms with E-state index in [0.717, 1.165) is 0 Å². The molecular formula is C22H25NO6. The van der Waals surface area contributed by atoms with Crippen molar-refractivity contribution in [3.05, 3.63) is 59.7 Å². The second-order valence-corrected chi connectivity index (χ2v) is 6.58. The van der Waals surface area contributed by atoms with Crippen molar-refractivity contribution in [1.29, 1.82) is 0 Å². The van der Waals surface area contributed by atoms with Crippen molar-refractivity contribution in [1.82, 2.24) is 4.90 Å². The van der Waals surface area contributed by atoms with Gasteiger partial charge >= 0.3 is 5.97 Å². The first-order valence-corrected chi connectivity index (χ1v) is 9.44. The monoisotopic (exact) mass is 399 g/mol. The van der Waals surface area contributed by atoms with E-state index < -0.39 is 12.1 Å². The van der Waals surface area contributed by atoms with Crippen LogP contribution in [0.5, 0.6) is 11.5 Å². The Bertz CT molecular complexity index is 832. The van der Waals surface area contributed by atoms with Crippen molar-refractivity contribution < 1.29 is 28.5 Å². The van der Waals surface area contributed by atoms with Gasteiger partial charge in [0.05, 0.1) is 33.9 Å². The lowest BCUT2D eigenvalue weighted by Crippen LogP contribution is -2.44. The number of amides is 1. The maximum atomic E-state index is 13.0. The summed E-state index contributed by atoms with van der Waals surface area (Å²) in [6.45, 7) is 1.92. The number of hydrogen-bond donors (Lipinski definition) is 0. The average Bonchev–Trinajstić information content (AvgIpc) is 2.78. The Labute approximate surface area is 170 Å². The molecule has 0 saturated carbocycles. The molecule has 1 fully saturated rings. The van der Waals surface area contributed by atoms with E-state index in [9.17, 15) is 9.59 Å². The van der Waals surface area contributed by atoms with E-state index in [1.807, 2.05) is 18.2 Å². The summed E-state index contributed by atoms with van der Waals surface area (Å²) in [7, 11) is 3.08. The minimum absolute atomic E-state index is 0.0140. The molecule has 1 aliphatic rings. The second-order valence-electron chi connectivity index (χ2n) is 6.58. The van der Waals surface area contributed by atoms with Crippen LogP contribution in [0.25, 0.3) is 0 Å². The number of ether oxygens (including phenoxy) is 4. The first-order chi connectivity index (χ1) is 14.1. The number of hydrogen-bond acceptors (Lipinski definition) is 6. The van der Waals surface area contributed by atoms with Crippen molar-refractivity contribution in [3.8, 4) is 11.5 Å². The zero-order chi connectivity index (χ0) is 20.6. The highest BCUT2D eigenvalue weighted by molar-refractivity contribution is 5.85. The van der Waals surface area contributed by atoms with E-state index in [1.165, 1.54) is 7.11 Å². The summed E-state index contributed by atoms with van der Waals surface area (Å²) in [5.74, 6) is 0.379. The molecule has 0 aliphatic carbocycles. The van der Waals surface area contributed by atoms with Gasteiger partial charge in [-0.1, -0.05) is 36.4 Å². The molecule has 0 radical (unpaired) electrons. The van der Waals surface area contributed by atoms with Crippen LogP contribution >= 0.6 is 0 Å². The fraction of sp³-hybridized carbons (Fsp3) is 0.364. The molecule has 0 aromatic heterocycles. The molecule has 1 aliphatic heterocycles. The first kappa shape index (κ1) is 20.7. The Morgan fingerprint density at radius 2 is 1.69 bits per heavy atom. The molecule has 2 aromatic rings. The summed E-state index contributed by atoms with van der Waals surface area (Å²) in [4.78, 5) is 27.3. The van der Waals surface area contributed by atoms with Gasteiger partial charge in [-0.2, -0.15) is 0 Å². The van der Waals surface area contributed by atoms with E-state index in [0.29, 0.717) is 48.9 Å². The number of rotatable bonds is 7. The van der Waals surface area contributed by atoms with Crippen molar-refractivity contribution >= 4 is 11.9 Å². The lowest BCUT2D eigenvalue weighted by Gasteiger charge is -2.30. The number of benzene rings is 2. The standard InChI is InChI=1S/C22H25NO6/c1-26-18-9-8-16(14-19(18)27-2)15-20(24)29-21(17-6-4-3-5-7-17)22(25)23-10-12-28-13-11-23/h3-9,14,21H,10-13,15H2,1-2H3/t21-/m1/s1. The minimum Gasteiger partial charge on any atom is -0.493 e. The van der Waals surface area contributed by atoms with Crippen LogP contribution < -0.4 is 9.47 Å². The first-order valence-electron chi connectivity index (χ1n) is 9.44. The van der Waals surface area contributed by atoms with Gasteiger partial charge in [-0.15, -0.1) is 0 Å². The van der Waals surface area contributed by atoms with Gasteiger partial charge < -0.3 is 23.8 Å². The Hall–Kier alpha value is -3.06. The number of nitrogens with zero attached hydrogens (tertiary/aromatic N) is 1. The molecule has 0 bridgehead atoms. The van der Waals surface area contributed by atoms with Crippen molar-refractivity contribution in [2.45, 2.75) is 12.5 Å². The van der Waals surface area contributed by atoms with Gasteiger partial charge in [-0.3, -0.25) is 9.59 Å². The Balaban J connectivity index is 1.75. The van der Waals surface area contributed by atoms with Crippen LogP contribution in [0, 0.1) is 0 Å². The van der Waals surface area contributed by atoms with Crippen LogP contribution in [-0.2, 0) is 25.5 Å². The summed E-state index contributed by atoms with van der Waals surface area (Å²) in [6, 6.07) is 14.3. The predicted octanol–water partition coefficient (Wildman–Crippen LogP) is 2.39. The molecule has 1 heterocycles. The second kappa shape index (κ2) is 9.93. The van der Waals surface area contributed by atoms with Crippen molar-refractivity contribution in [2.75, 3.05) is 40.5 Å². The molecule has 0 spiro atoms. The molecule has 0 unspecified atom stereocenters. The maximum Gasteiger partial charge on any atom is 0.311 e. The van der Waals surface area contributed by atoms with Crippen LogP contribution in [-0.4, -0.2) is 57.3 Å². The molecule has 7 nitrogen and oxygen atoms in total. The summed E-state index contributed by atoms with van der Waals surface area (Å²) < 4.78 is 21.4. The van der Waals surface area contributed by atoms with E-state index >= 15 is 0 Å². The molecular weight excluding hydrogens is 374 g/mol. The third-order valence-corrected chi connectivity index (χ3v) is 4.70. The van der Waals surface area contributed by atoms with Gasteiger partial charge in [0.2, 0.25) is 6.10 Å². The summed E-state index contributed by atoms with van der Waals surface area (Å²) in [6.07, 6.45) is -0.970. The lowest BCUT2D eigenvalue weighted by molar-refractivity contribution is -0.162. The molecule has 3 rings (SSSR count). The summed E-state index contributed by atoms with van der Waals surface area (Å²) >= 11 is 0. The van der Waals surface area contributed by atoms with Crippen molar-refractivity contribution in [2.24, 2.45) is 0 Å². The Kier molecular flexibility index (Phi) is 7.08. The summed E-state index contributed by atoms with van der Waals surface area (Å²) in [5.41, 5.74) is 1.35. The highest BCUT2D eigenvalue weighted by atomic mass is 16.5. The molecule has 1 saturated heterocycles. The third-order valence-electron chi connectivity index (χ3n) is 4.70. The molecule has 2 aromatic carbocycles. The van der Waals surface area contributed by atoms with Crippen LogP contribution in [0.15, 0.2) is 48.5 Å². The fourth-order valence-corrected chi connectivity index (χ4v) is 3.17. The Morgan fingerprint density at radius 3 is 2.34 bits per heavy atom. The molecule has 7 heteroatoms. The van der Waals surface area contributed by atoms with Gasteiger partial charge in [-0.25, -0.2) is 0 Å². The average molecular weight is 399 g/mol. The summed E-state index contributed by atoms with van der Waals surface area (Å²) in [5, 5.41) is 0. The highest BCUT2D eigenvalue weighted by Gasteiger charge is 2.30. The largest absolute Gasteiger partial charge is 0.493 e. The lowest BCUT2D eigenvalue weighted by atomic mass is 10.1. The third kappa shape index (κ3) is 5.26. The molecule has 0 N–H and O–H groups in total. The maximum absolute atomic E-state index is 13.0. The minimum atomic E-state index is -0.984. The number of carbonyl (C=O) groups is 2. The highest BCUT2D eigenvalue weighted by Crippen LogP contribution is 2.28. The number of methoxy groups -OCH3 is 2. The zero-order valence-electron chi connectivity index (χ0n) is 16.6. The molecule has 1 atom stereocenters. The van der Waals surface area contributed by atoms with Gasteiger partial charge in [0.15, 0.2) is 11.5 Å². The Morgan fingerprint density at radius 1 is 1.00 bits per heavy atom. The number of esters is 1. The van der Waals surface area contributed by atoms with E-state index in [-0.39, 0.29) is 12.3 Å². The van der Waals surface area contributed by atoms with Crippen LogP contribution in [0.3, 0.4) is 0 Å². The van der Waals surface area contributed by atoms with Crippen LogP contribution in [0.1, 0.15) is 17.2 Å². The molecule has 154 valence electrons. The zero-order valence-corrected chi connectivity index (χ0v) is 16.6. The van der Waals surface area contributed by atoms with Gasteiger partial charge in [-0.05, 0) is 17.7 Å². The smallest absolute Gasteiger partial charge is 0.311 e. The van der Waals surface area contributed by atoms with Gasteiger partial charge in [0.25, 0.3) is 5.91 Å². The normalized spacial score (nSPS) is 14.8. The number of carbonyl (C=O) groups excluding carboxylic acids is 2. The molecule has 1 amide bonds. The van der Waals surface area contributed by atoms with Gasteiger partial charge in [0, 0.05) is 18.7 Å². The number of morpholine rings is 1. The van der Waals surface area contributed by atoms with E-state index in [2.05, 4.69) is 0 Å². The van der Waals surface area contributed by atoms with E-state index in [1.54, 1.807) is 42.3 Å². The van der Waals surface area contributed by atoms with E-state index in [4.69, 9.17) is 18.9 Å². The topological polar surface area (TPSA) is 74.3 Å². The van der Waals surface area contributed by atoms with Crippen LogP contribution in [0.2, 0.25) is 0 Å². The molecule has 29 heavy (non-hydrogen) atoms. The van der Waals surface area contributed by atoms with Crippen LogP contribution in [0.4, 0.5) is 0 Å². The fourth-order valence-electron chi connectivity index (χ4n) is 3.17. The van der Waals surface area contributed by atoms with Crippen molar-refractivity contribution in [3.63, 3.8) is 0 Å². The SMILES string of the molecule is COc1ccc(CC(=O)O[C@@H](C(=O)N2CCOCC2)c2ccccc2)cc1OC. The van der Waals surface area contributed by atoms with Gasteiger partial charge in [0.1, 0.15) is 0 Å².